The highest BCUT2D eigenvalue weighted by atomic mass is 16.3. The standard InChI is InChI=1S/C14H16N2O2/c1-3-16(12-8-6-11(2)7-9-12)15-14(17)13-5-4-10-18-13/h4-10H,3H2,1-2H3,(H,15,17). The van der Waals surface area contributed by atoms with Crippen LogP contribution in [0.1, 0.15) is 23.0 Å². The highest BCUT2D eigenvalue weighted by Gasteiger charge is 2.12. The van der Waals surface area contributed by atoms with Gasteiger partial charge in [-0.15, -0.1) is 0 Å². The zero-order chi connectivity index (χ0) is 13.0. The number of nitrogens with zero attached hydrogens (tertiary/aromatic N) is 1. The smallest absolute Gasteiger partial charge is 0.305 e. The van der Waals surface area contributed by atoms with Crippen molar-refractivity contribution in [1.82, 2.24) is 5.43 Å². The van der Waals surface area contributed by atoms with E-state index < -0.39 is 0 Å². The van der Waals surface area contributed by atoms with Gasteiger partial charge in [-0.25, -0.2) is 0 Å². The highest BCUT2D eigenvalue weighted by molar-refractivity contribution is 5.92. The average Bonchev–Trinajstić information content (AvgIpc) is 2.91. The van der Waals surface area contributed by atoms with E-state index in [0.29, 0.717) is 12.3 Å². The molecule has 4 heteroatoms. The third-order valence-corrected chi connectivity index (χ3v) is 2.64. The number of carbonyl (C=O) groups excluding carboxylic acids is 1. The molecule has 0 aliphatic rings. The van der Waals surface area contributed by atoms with Crippen molar-refractivity contribution in [1.29, 1.82) is 0 Å². The molecule has 0 unspecified atom stereocenters. The summed E-state index contributed by atoms with van der Waals surface area (Å²) in [7, 11) is 0. The molecule has 1 heterocycles. The Morgan fingerprint density at radius 3 is 2.56 bits per heavy atom. The Kier molecular flexibility index (Phi) is 3.67. The Bertz CT molecular complexity index is 503. The predicted octanol–water partition coefficient (Wildman–Crippen LogP) is 2.76. The van der Waals surface area contributed by atoms with Crippen molar-refractivity contribution in [3.05, 3.63) is 54.0 Å². The van der Waals surface area contributed by atoms with Crippen LogP contribution in [-0.4, -0.2) is 12.5 Å². The van der Waals surface area contributed by atoms with Gasteiger partial charge in [0.1, 0.15) is 0 Å². The Hall–Kier alpha value is -2.23. The lowest BCUT2D eigenvalue weighted by Crippen LogP contribution is -2.42. The van der Waals surface area contributed by atoms with E-state index in [-0.39, 0.29) is 5.91 Å². The van der Waals surface area contributed by atoms with E-state index in [1.165, 1.54) is 11.8 Å². The maximum atomic E-state index is 11.9. The minimum Gasteiger partial charge on any atom is -0.459 e. The number of hydrazine groups is 1. The Balaban J connectivity index is 2.10. The van der Waals surface area contributed by atoms with Crippen LogP contribution in [0.2, 0.25) is 0 Å². The number of nitrogens with one attached hydrogen (secondary N) is 1. The quantitative estimate of drug-likeness (QED) is 0.841. The van der Waals surface area contributed by atoms with E-state index in [4.69, 9.17) is 4.42 Å². The van der Waals surface area contributed by atoms with E-state index in [2.05, 4.69) is 5.43 Å². The van der Waals surface area contributed by atoms with Crippen LogP contribution in [-0.2, 0) is 0 Å². The molecule has 0 saturated carbocycles. The number of hydrogen-bond donors (Lipinski definition) is 1. The lowest BCUT2D eigenvalue weighted by Gasteiger charge is -2.23. The molecule has 1 aromatic carbocycles. The third kappa shape index (κ3) is 2.71. The Morgan fingerprint density at radius 2 is 2.00 bits per heavy atom. The average molecular weight is 244 g/mol. The van der Waals surface area contributed by atoms with Crippen molar-refractivity contribution in [2.45, 2.75) is 13.8 Å². The zero-order valence-corrected chi connectivity index (χ0v) is 10.5. The lowest BCUT2D eigenvalue weighted by atomic mass is 10.2. The molecular formula is C14H16N2O2. The highest BCUT2D eigenvalue weighted by Crippen LogP contribution is 2.13. The summed E-state index contributed by atoms with van der Waals surface area (Å²) >= 11 is 0. The molecule has 1 amide bonds. The second kappa shape index (κ2) is 5.40. The van der Waals surface area contributed by atoms with Gasteiger partial charge in [0.25, 0.3) is 0 Å². The summed E-state index contributed by atoms with van der Waals surface area (Å²) in [5.41, 5.74) is 4.94. The number of amides is 1. The van der Waals surface area contributed by atoms with Crippen LogP contribution >= 0.6 is 0 Å². The van der Waals surface area contributed by atoms with Crippen LogP contribution < -0.4 is 10.4 Å². The second-order valence-corrected chi connectivity index (χ2v) is 4.00. The minimum absolute atomic E-state index is 0.248. The van der Waals surface area contributed by atoms with Crippen LogP contribution in [0.3, 0.4) is 0 Å². The van der Waals surface area contributed by atoms with Gasteiger partial charge in [-0.1, -0.05) is 17.7 Å². The van der Waals surface area contributed by atoms with Gasteiger partial charge < -0.3 is 4.42 Å². The molecule has 2 rings (SSSR count). The molecular weight excluding hydrogens is 228 g/mol. The fourth-order valence-electron chi connectivity index (χ4n) is 1.64. The summed E-state index contributed by atoms with van der Waals surface area (Å²) in [5.74, 6) is 0.0583. The molecule has 0 saturated heterocycles. The first-order valence-corrected chi connectivity index (χ1v) is 5.89. The van der Waals surface area contributed by atoms with Gasteiger partial charge in [0, 0.05) is 6.54 Å². The van der Waals surface area contributed by atoms with Crippen molar-refractivity contribution < 1.29 is 9.21 Å². The molecule has 0 spiro atoms. The number of aryl methyl sites for hydroxylation is 1. The van der Waals surface area contributed by atoms with Gasteiger partial charge in [0.05, 0.1) is 12.0 Å². The lowest BCUT2D eigenvalue weighted by molar-refractivity contribution is 0.0921. The molecule has 2 aromatic rings. The number of anilines is 1. The summed E-state index contributed by atoms with van der Waals surface area (Å²) in [6.45, 7) is 4.68. The normalized spacial score (nSPS) is 10.1. The van der Waals surface area contributed by atoms with Crippen LogP contribution in [0.15, 0.2) is 47.1 Å². The molecule has 0 radical (unpaired) electrons. The topological polar surface area (TPSA) is 45.5 Å². The van der Waals surface area contributed by atoms with Crippen LogP contribution in [0, 0.1) is 6.92 Å². The number of benzene rings is 1. The second-order valence-electron chi connectivity index (χ2n) is 4.00. The molecule has 1 N–H and O–H groups in total. The zero-order valence-electron chi connectivity index (χ0n) is 10.5. The number of furan rings is 1. The number of hydrogen-bond acceptors (Lipinski definition) is 3. The fourth-order valence-corrected chi connectivity index (χ4v) is 1.64. The van der Waals surface area contributed by atoms with E-state index in [1.807, 2.05) is 38.1 Å². The molecule has 0 fully saturated rings. The summed E-state index contributed by atoms with van der Waals surface area (Å²) in [4.78, 5) is 11.9. The van der Waals surface area contributed by atoms with Crippen LogP contribution in [0.25, 0.3) is 0 Å². The molecule has 0 atom stereocenters. The summed E-state index contributed by atoms with van der Waals surface area (Å²) in [6.07, 6.45) is 1.48. The van der Waals surface area contributed by atoms with E-state index in [0.717, 1.165) is 5.69 Å². The molecule has 4 nitrogen and oxygen atoms in total. The van der Waals surface area contributed by atoms with Gasteiger partial charge in [0.2, 0.25) is 0 Å². The van der Waals surface area contributed by atoms with Crippen LogP contribution in [0.4, 0.5) is 5.69 Å². The molecule has 0 aliphatic heterocycles. The van der Waals surface area contributed by atoms with Crippen molar-refractivity contribution >= 4 is 11.6 Å². The molecule has 94 valence electrons. The SMILES string of the molecule is CCN(NC(=O)c1ccco1)c1ccc(C)cc1. The molecule has 0 bridgehead atoms. The molecule has 0 aliphatic carbocycles. The van der Waals surface area contributed by atoms with Gasteiger partial charge in [-0.3, -0.25) is 15.2 Å². The van der Waals surface area contributed by atoms with Gasteiger partial charge in [-0.05, 0) is 38.1 Å². The first kappa shape index (κ1) is 12.2. The van der Waals surface area contributed by atoms with Gasteiger partial charge in [0.15, 0.2) is 5.76 Å². The van der Waals surface area contributed by atoms with E-state index in [9.17, 15) is 4.79 Å². The first-order chi connectivity index (χ1) is 8.70. The largest absolute Gasteiger partial charge is 0.459 e. The number of rotatable bonds is 4. The minimum atomic E-state index is -0.248. The predicted molar refractivity (Wildman–Crippen MR) is 70.4 cm³/mol. The molecule has 1 aromatic heterocycles. The Labute approximate surface area is 106 Å². The maximum absolute atomic E-state index is 11.9. The summed E-state index contributed by atoms with van der Waals surface area (Å²) in [6, 6.07) is 11.3. The monoisotopic (exact) mass is 244 g/mol. The first-order valence-electron chi connectivity index (χ1n) is 5.89. The molecule has 18 heavy (non-hydrogen) atoms. The van der Waals surface area contributed by atoms with Gasteiger partial charge >= 0.3 is 5.91 Å². The van der Waals surface area contributed by atoms with Crippen molar-refractivity contribution in [3.63, 3.8) is 0 Å². The number of carbonyl (C=O) groups is 1. The van der Waals surface area contributed by atoms with E-state index >= 15 is 0 Å². The third-order valence-electron chi connectivity index (χ3n) is 2.64. The van der Waals surface area contributed by atoms with Crippen molar-refractivity contribution in [3.8, 4) is 0 Å². The maximum Gasteiger partial charge on any atom is 0.305 e. The van der Waals surface area contributed by atoms with Crippen molar-refractivity contribution in [2.24, 2.45) is 0 Å². The van der Waals surface area contributed by atoms with E-state index in [1.54, 1.807) is 17.1 Å². The summed E-state index contributed by atoms with van der Waals surface area (Å²) < 4.78 is 5.06. The summed E-state index contributed by atoms with van der Waals surface area (Å²) in [5, 5.41) is 1.78. The van der Waals surface area contributed by atoms with Crippen LogP contribution in [0.5, 0.6) is 0 Å². The Morgan fingerprint density at radius 1 is 1.28 bits per heavy atom. The van der Waals surface area contributed by atoms with Crippen molar-refractivity contribution in [2.75, 3.05) is 11.6 Å². The van der Waals surface area contributed by atoms with Gasteiger partial charge in [-0.2, -0.15) is 0 Å². The fraction of sp³-hybridized carbons (Fsp3) is 0.214.